The molecule has 0 N–H and O–H groups in total. The number of hydrogen-bond acceptors (Lipinski definition) is 4. The summed E-state index contributed by atoms with van der Waals surface area (Å²) in [4.78, 5) is 20.0. The van der Waals surface area contributed by atoms with E-state index in [1.165, 1.54) is 77.6 Å². The molecule has 0 saturated heterocycles. The molecular weight excluding hydrogens is 1540 g/mol. The van der Waals surface area contributed by atoms with Gasteiger partial charge < -0.3 is 9.13 Å². The van der Waals surface area contributed by atoms with Crippen molar-refractivity contribution in [2.45, 2.75) is 19.3 Å². The van der Waals surface area contributed by atoms with Crippen LogP contribution in [0.5, 0.6) is 0 Å². The molecule has 0 saturated carbocycles. The van der Waals surface area contributed by atoms with Crippen molar-refractivity contribution in [3.63, 3.8) is 0 Å². The Hall–Kier alpha value is -16.7. The second-order valence-corrected chi connectivity index (χ2v) is 33.4. The van der Waals surface area contributed by atoms with Crippen LogP contribution in [-0.4, -0.2) is 38.2 Å². The SMILES string of the molecule is CC1(C)c2ccccc2-c2ccc(-n3c4ccccc4c4cc(-c5ccc6c(c5)c5ccccc5n6-c5ncc(-c6cc(-c7ccccc7)cc(-c7ccc(-c8ccccc8)cc7)c6)cn5)ccc43)cc21.[2H]c1c([2H])c([2H])c(-n2c3ccccc3c3cc(-c4ccc5c(c4)c4ccccc4n5-c4ncc(-c5ccc(-c6cccc(-c7ccccc7)c6)cc5)cn4)ccc32)c([2H])c1[2H]. The molecule has 1 aliphatic rings. The van der Waals surface area contributed by atoms with Crippen LogP contribution in [0, 0.1) is 0 Å². The predicted molar refractivity (Wildman–Crippen MR) is 528 cm³/mol. The van der Waals surface area contributed by atoms with Gasteiger partial charge in [0, 0.05) is 95.8 Å². The molecule has 6 aromatic heterocycles. The Morgan fingerprint density at radius 2 is 0.480 bits per heavy atom. The Kier molecular flexibility index (Phi) is 16.5. The van der Waals surface area contributed by atoms with Gasteiger partial charge in [0.1, 0.15) is 0 Å². The molecule has 0 amide bonds. The quantitative estimate of drug-likeness (QED) is 0.115. The van der Waals surface area contributed by atoms with Crippen LogP contribution in [0.3, 0.4) is 0 Å². The molecule has 0 radical (unpaired) electrons. The van der Waals surface area contributed by atoms with Gasteiger partial charge in [0.2, 0.25) is 11.9 Å². The minimum atomic E-state index is -0.412. The lowest BCUT2D eigenvalue weighted by atomic mass is 9.82. The van der Waals surface area contributed by atoms with Gasteiger partial charge in [-0.2, -0.15) is 0 Å². The fourth-order valence-electron chi connectivity index (χ4n) is 19.5. The van der Waals surface area contributed by atoms with Crippen LogP contribution in [0.25, 0.3) is 222 Å². The van der Waals surface area contributed by atoms with E-state index in [2.05, 4.69) is 367 Å². The molecule has 0 atom stereocenters. The summed E-state index contributed by atoms with van der Waals surface area (Å²) in [5.41, 5.74) is 34.7. The Morgan fingerprint density at radius 1 is 0.197 bits per heavy atom. The minimum absolute atomic E-state index is 0.0806. The summed E-state index contributed by atoms with van der Waals surface area (Å²) in [5, 5.41) is 8.79. The number of para-hydroxylation sites is 5. The summed E-state index contributed by atoms with van der Waals surface area (Å²) in [6.07, 6.45) is 7.71. The lowest BCUT2D eigenvalue weighted by Gasteiger charge is -2.22. The van der Waals surface area contributed by atoms with Gasteiger partial charge in [-0.05, 0) is 233 Å². The maximum atomic E-state index is 8.75. The van der Waals surface area contributed by atoms with Crippen molar-refractivity contribution in [1.29, 1.82) is 0 Å². The van der Waals surface area contributed by atoms with Gasteiger partial charge >= 0.3 is 0 Å². The van der Waals surface area contributed by atoms with Crippen LogP contribution in [0.2, 0.25) is 0 Å². The molecule has 25 rings (SSSR count). The molecule has 127 heavy (non-hydrogen) atoms. The van der Waals surface area contributed by atoms with Crippen molar-refractivity contribution in [3.8, 4) is 135 Å². The predicted octanol–water partition coefficient (Wildman–Crippen LogP) is 30.7. The second kappa shape index (κ2) is 30.4. The van der Waals surface area contributed by atoms with Crippen molar-refractivity contribution < 1.29 is 6.85 Å². The molecule has 8 heteroatoms. The zero-order valence-electron chi connectivity index (χ0n) is 74.4. The van der Waals surface area contributed by atoms with E-state index >= 15 is 0 Å². The van der Waals surface area contributed by atoms with E-state index in [0.29, 0.717) is 11.9 Å². The molecule has 1 aliphatic carbocycles. The third kappa shape index (κ3) is 12.8. The van der Waals surface area contributed by atoms with Gasteiger partial charge in [-0.15, -0.1) is 0 Å². The molecule has 0 unspecified atom stereocenters. The van der Waals surface area contributed by atoms with Crippen molar-refractivity contribution in [2.75, 3.05) is 0 Å². The normalized spacial score (nSPS) is 12.8. The van der Waals surface area contributed by atoms with Crippen LogP contribution in [-0.2, 0) is 5.41 Å². The molecule has 24 aromatic rings. The maximum Gasteiger partial charge on any atom is 0.234 e. The number of nitrogens with zero attached hydrogens (tertiary/aromatic N) is 8. The highest BCUT2D eigenvalue weighted by molar-refractivity contribution is 6.15. The average molecular weight is 1630 g/mol. The molecule has 0 fully saturated rings. The first kappa shape index (κ1) is 68.9. The van der Waals surface area contributed by atoms with Crippen LogP contribution >= 0.6 is 0 Å². The average Bonchev–Trinajstić information content (AvgIpc) is 1.57. The smallest absolute Gasteiger partial charge is 0.234 e. The third-order valence-corrected chi connectivity index (χ3v) is 25.8. The van der Waals surface area contributed by atoms with Gasteiger partial charge in [-0.3, -0.25) is 9.13 Å². The van der Waals surface area contributed by atoms with E-state index in [-0.39, 0.29) is 35.3 Å². The third-order valence-electron chi connectivity index (χ3n) is 25.8. The molecule has 596 valence electrons. The van der Waals surface area contributed by atoms with E-state index in [4.69, 9.17) is 26.8 Å². The summed E-state index contributed by atoms with van der Waals surface area (Å²) in [7, 11) is 0. The number of benzene rings is 18. The van der Waals surface area contributed by atoms with Gasteiger partial charge in [0.15, 0.2) is 0 Å². The molecule has 18 aromatic carbocycles. The fraction of sp³-hybridized carbons (Fsp3) is 0.0252. The van der Waals surface area contributed by atoms with Crippen LogP contribution in [0.15, 0.2) is 449 Å². The number of rotatable bonds is 13. The first-order chi connectivity index (χ1) is 64.8. The molecule has 0 bridgehead atoms. The highest BCUT2D eigenvalue weighted by atomic mass is 15.2. The number of hydrogen-bond donors (Lipinski definition) is 0. The first-order valence-electron chi connectivity index (χ1n) is 45.5. The van der Waals surface area contributed by atoms with E-state index < -0.39 is 6.04 Å². The van der Waals surface area contributed by atoms with Crippen LogP contribution in [0.1, 0.15) is 31.8 Å². The van der Waals surface area contributed by atoms with Gasteiger partial charge in [0.25, 0.3) is 0 Å². The lowest BCUT2D eigenvalue weighted by Crippen LogP contribution is -2.15. The van der Waals surface area contributed by atoms with E-state index in [0.717, 1.165) is 138 Å². The summed E-state index contributed by atoms with van der Waals surface area (Å²) in [6, 6.07) is 138. The fourth-order valence-corrected chi connectivity index (χ4v) is 19.5. The standard InChI is InChI=1S/C67H46N4.C52H34N4/c1-67(2)60-22-12-9-19-54(60)55-32-31-53(40-61(55)67)70-62-23-13-10-20-56(62)58-38-47(29-33-64(58)70)48-30-34-65-59(39-48)57-21-11-14-24-63(57)71(65)66-68-41-52(42-69-66)51-36-49(44-17-7-4-8-18-44)35-50(37-51)46-27-25-45(26-28-46)43-15-5-3-6-16-43;1-3-12-35(13-4-1)38-14-11-15-39(30-38)36-22-24-37(25-23-36)42-33-53-52(54-34-42)56-49-21-10-8-19-45(49)47-32-41(27-29-51(47)56)40-26-28-50-46(31-40)44-18-7-9-20-48(44)55(50)43-16-5-2-6-17-43/h3-42H,1-2H3;1-34H/i;2D,5D,6D,16D,17D. The Morgan fingerprint density at radius 3 is 0.929 bits per heavy atom. The Bertz CT molecular complexity index is 8730. The molecule has 8 nitrogen and oxygen atoms in total. The second-order valence-electron chi connectivity index (χ2n) is 33.4. The topological polar surface area (TPSA) is 71.3 Å². The summed E-state index contributed by atoms with van der Waals surface area (Å²) < 4.78 is 50.9. The molecular formula is C119H80N8. The first-order valence-corrected chi connectivity index (χ1v) is 43.0. The van der Waals surface area contributed by atoms with Gasteiger partial charge in [-0.1, -0.05) is 317 Å². The zero-order valence-corrected chi connectivity index (χ0v) is 69.4. The number of aromatic nitrogens is 8. The summed E-state index contributed by atoms with van der Waals surface area (Å²) in [6.45, 7) is 4.71. The molecule has 0 aliphatic heterocycles. The highest BCUT2D eigenvalue weighted by Crippen LogP contribution is 2.51. The Labute approximate surface area is 741 Å². The number of fused-ring (bicyclic) bond motifs is 15. The Balaban J connectivity index is 0.000000147. The van der Waals surface area contributed by atoms with E-state index in [9.17, 15) is 0 Å². The van der Waals surface area contributed by atoms with Crippen molar-refractivity contribution in [1.82, 2.24) is 38.2 Å². The highest BCUT2D eigenvalue weighted by Gasteiger charge is 2.36. The zero-order chi connectivity index (χ0) is 88.6. The van der Waals surface area contributed by atoms with Crippen LogP contribution < -0.4 is 0 Å². The van der Waals surface area contributed by atoms with Crippen molar-refractivity contribution in [3.05, 3.63) is 460 Å². The van der Waals surface area contributed by atoms with E-state index in [1.807, 2.05) is 79.4 Å². The maximum absolute atomic E-state index is 8.75. The lowest BCUT2D eigenvalue weighted by molar-refractivity contribution is 0.660. The van der Waals surface area contributed by atoms with Crippen molar-refractivity contribution in [2.24, 2.45) is 0 Å². The van der Waals surface area contributed by atoms with Gasteiger partial charge in [0.05, 0.1) is 51.0 Å². The molecule has 6 heterocycles. The van der Waals surface area contributed by atoms with Crippen LogP contribution in [0.4, 0.5) is 0 Å². The monoisotopic (exact) mass is 1630 g/mol. The van der Waals surface area contributed by atoms with Crippen molar-refractivity contribution >= 4 is 87.2 Å². The van der Waals surface area contributed by atoms with E-state index in [1.54, 1.807) is 4.57 Å². The largest absolute Gasteiger partial charge is 0.309 e. The summed E-state index contributed by atoms with van der Waals surface area (Å²) >= 11 is 0. The molecule has 0 spiro atoms. The van der Waals surface area contributed by atoms with Gasteiger partial charge in [-0.25, -0.2) is 19.9 Å². The minimum Gasteiger partial charge on any atom is -0.309 e. The summed E-state index contributed by atoms with van der Waals surface area (Å²) in [5.74, 6) is 1.22.